The van der Waals surface area contributed by atoms with Gasteiger partial charge in [0.2, 0.25) is 0 Å². The summed E-state index contributed by atoms with van der Waals surface area (Å²) < 4.78 is 5.43. The van der Waals surface area contributed by atoms with Gasteiger partial charge in [-0.3, -0.25) is 4.79 Å². The molecule has 3 rings (SSSR count). The Morgan fingerprint density at radius 2 is 2.08 bits per heavy atom. The highest BCUT2D eigenvalue weighted by atomic mass is 16.5. The van der Waals surface area contributed by atoms with Gasteiger partial charge >= 0.3 is 13.1 Å². The Labute approximate surface area is 140 Å². The fourth-order valence-electron chi connectivity index (χ4n) is 3.42. The van der Waals surface area contributed by atoms with Gasteiger partial charge in [0, 0.05) is 12.2 Å². The number of piperidine rings is 1. The lowest BCUT2D eigenvalue weighted by atomic mass is 9.63. The van der Waals surface area contributed by atoms with E-state index in [2.05, 4.69) is 5.32 Å². The topological polar surface area (TPSA) is 122 Å². The number of carboxylic acids is 1. The third kappa shape index (κ3) is 3.17. The van der Waals surface area contributed by atoms with Gasteiger partial charge in [-0.1, -0.05) is 12.1 Å². The van der Waals surface area contributed by atoms with Crippen LogP contribution in [0, 0.1) is 0 Å². The molecular formula is C16H21BN2O5. The van der Waals surface area contributed by atoms with E-state index in [0.29, 0.717) is 37.9 Å². The molecule has 7 nitrogen and oxygen atoms in total. The lowest BCUT2D eigenvalue weighted by Crippen LogP contribution is -2.55. The van der Waals surface area contributed by atoms with Crippen molar-refractivity contribution >= 4 is 18.9 Å². The number of Topliss-reactive ketones (excluding diaryl/α,β-unsaturated/α-hetero) is 1. The molecule has 0 amide bonds. The van der Waals surface area contributed by atoms with Crippen LogP contribution in [-0.2, 0) is 11.2 Å². The Bertz CT molecular complexity index is 660. The van der Waals surface area contributed by atoms with Gasteiger partial charge in [0.25, 0.3) is 0 Å². The summed E-state index contributed by atoms with van der Waals surface area (Å²) in [5.41, 5.74) is 6.09. The van der Waals surface area contributed by atoms with E-state index in [1.807, 2.05) is 0 Å². The van der Waals surface area contributed by atoms with E-state index in [0.717, 1.165) is 0 Å². The van der Waals surface area contributed by atoms with Crippen molar-refractivity contribution < 1.29 is 24.4 Å². The fraction of sp³-hybridized carbons (Fsp3) is 0.500. The number of aromatic carboxylic acids is 1. The zero-order valence-corrected chi connectivity index (χ0v) is 13.3. The minimum Gasteiger partial charge on any atom is -0.535 e. The van der Waals surface area contributed by atoms with Gasteiger partial charge in [-0.05, 0) is 44.0 Å². The smallest absolute Gasteiger partial charge is 0.526 e. The Morgan fingerprint density at radius 3 is 2.75 bits per heavy atom. The third-order valence-electron chi connectivity index (χ3n) is 4.95. The molecular weight excluding hydrogens is 311 g/mol. The van der Waals surface area contributed by atoms with Crippen molar-refractivity contribution in [1.82, 2.24) is 5.32 Å². The van der Waals surface area contributed by atoms with Crippen LogP contribution in [0.1, 0.15) is 35.2 Å². The summed E-state index contributed by atoms with van der Waals surface area (Å²) in [6, 6.07) is 4.83. The van der Waals surface area contributed by atoms with Crippen molar-refractivity contribution in [2.24, 2.45) is 5.73 Å². The van der Waals surface area contributed by atoms with Crippen molar-refractivity contribution in [2.75, 3.05) is 13.1 Å². The van der Waals surface area contributed by atoms with Gasteiger partial charge in [-0.15, -0.1) is 0 Å². The molecule has 2 aliphatic heterocycles. The first-order chi connectivity index (χ1) is 11.4. The molecule has 0 radical (unpaired) electrons. The Hall–Kier alpha value is -1.90. The number of hydrogen-bond acceptors (Lipinski definition) is 6. The maximum absolute atomic E-state index is 12.6. The molecule has 1 saturated heterocycles. The first-order valence-corrected chi connectivity index (χ1v) is 8.13. The van der Waals surface area contributed by atoms with Crippen molar-refractivity contribution in [3.05, 3.63) is 29.3 Å². The van der Waals surface area contributed by atoms with Crippen molar-refractivity contribution in [3.8, 4) is 5.75 Å². The van der Waals surface area contributed by atoms with Crippen LogP contribution >= 0.6 is 0 Å². The largest absolute Gasteiger partial charge is 0.535 e. The Balaban J connectivity index is 1.76. The second-order valence-electron chi connectivity index (χ2n) is 6.61. The maximum atomic E-state index is 12.6. The molecule has 128 valence electrons. The lowest BCUT2D eigenvalue weighted by molar-refractivity contribution is -0.125. The summed E-state index contributed by atoms with van der Waals surface area (Å²) in [6.45, 7) is 1.41. The van der Waals surface area contributed by atoms with E-state index in [4.69, 9.17) is 10.4 Å². The molecule has 2 heterocycles. The number of ketones is 1. The van der Waals surface area contributed by atoms with Gasteiger partial charge in [-0.25, -0.2) is 4.79 Å². The van der Waals surface area contributed by atoms with Gasteiger partial charge in [-0.2, -0.15) is 0 Å². The summed E-state index contributed by atoms with van der Waals surface area (Å²) >= 11 is 0. The van der Waals surface area contributed by atoms with Gasteiger partial charge < -0.3 is 25.8 Å². The van der Waals surface area contributed by atoms with E-state index in [-0.39, 0.29) is 23.5 Å². The molecule has 2 aliphatic rings. The van der Waals surface area contributed by atoms with Crippen LogP contribution in [0.4, 0.5) is 0 Å². The number of nitrogens with two attached hydrogens (primary N) is 1. The number of hydrogen-bond donors (Lipinski definition) is 4. The molecule has 24 heavy (non-hydrogen) atoms. The maximum Gasteiger partial charge on any atom is 0.526 e. The molecule has 1 aromatic carbocycles. The minimum absolute atomic E-state index is 0.0185. The fourth-order valence-corrected chi connectivity index (χ4v) is 3.42. The monoisotopic (exact) mass is 332 g/mol. The van der Waals surface area contributed by atoms with Crippen LogP contribution in [0.2, 0.25) is 5.82 Å². The van der Waals surface area contributed by atoms with E-state index in [9.17, 15) is 19.7 Å². The second-order valence-corrected chi connectivity index (χ2v) is 6.61. The summed E-state index contributed by atoms with van der Waals surface area (Å²) in [6.07, 6.45) is 1.66. The van der Waals surface area contributed by atoms with E-state index in [1.54, 1.807) is 12.1 Å². The van der Waals surface area contributed by atoms with E-state index in [1.165, 1.54) is 6.07 Å². The average molecular weight is 332 g/mol. The molecule has 1 atom stereocenters. The van der Waals surface area contributed by atoms with Crippen LogP contribution < -0.4 is 15.7 Å². The number of carbonyl (C=O) groups is 2. The van der Waals surface area contributed by atoms with Crippen LogP contribution in [0.5, 0.6) is 5.75 Å². The first kappa shape index (κ1) is 16.9. The van der Waals surface area contributed by atoms with E-state index >= 15 is 0 Å². The zero-order valence-electron chi connectivity index (χ0n) is 13.3. The van der Waals surface area contributed by atoms with Crippen LogP contribution in [0.3, 0.4) is 0 Å². The quantitative estimate of drug-likeness (QED) is 0.582. The third-order valence-corrected chi connectivity index (χ3v) is 4.95. The Kier molecular flexibility index (Phi) is 4.62. The number of nitrogens with one attached hydrogen (secondary N) is 1. The molecule has 5 N–H and O–H groups in total. The normalized spacial score (nSPS) is 22.4. The molecule has 0 aliphatic carbocycles. The standard InChI is InChI=1S/C16H21BN2O5/c18-16(4-6-19-7-5-16)13(20)9-11-8-10-2-1-3-12(15(21)22)14(10)24-17(11)23/h1-3,11,19,23H,4-9,18H2,(H,21,22)/t11-/m1/s1. The summed E-state index contributed by atoms with van der Waals surface area (Å²) in [5.74, 6) is -1.42. The highest BCUT2D eigenvalue weighted by Crippen LogP contribution is 2.37. The van der Waals surface area contributed by atoms with Crippen LogP contribution in [-0.4, -0.2) is 47.6 Å². The molecule has 0 saturated carbocycles. The molecule has 0 unspecified atom stereocenters. The number of carbonyl (C=O) groups excluding carboxylic acids is 1. The number of benzene rings is 1. The zero-order chi connectivity index (χ0) is 17.3. The predicted molar refractivity (Wildman–Crippen MR) is 88.1 cm³/mol. The highest BCUT2D eigenvalue weighted by molar-refractivity contribution is 6.47. The van der Waals surface area contributed by atoms with Gasteiger partial charge in [0.05, 0.1) is 11.1 Å². The highest BCUT2D eigenvalue weighted by Gasteiger charge is 2.42. The number of rotatable bonds is 4. The SMILES string of the molecule is NC1(C(=O)C[C@H]2Cc3cccc(C(=O)O)c3OB2O)CCNCC1. The second kappa shape index (κ2) is 6.54. The molecule has 0 spiro atoms. The minimum atomic E-state index is -1.22. The van der Waals surface area contributed by atoms with Crippen molar-refractivity contribution in [3.63, 3.8) is 0 Å². The van der Waals surface area contributed by atoms with Crippen LogP contribution in [0.25, 0.3) is 0 Å². The summed E-state index contributed by atoms with van der Waals surface area (Å²) in [5, 5.41) is 22.6. The summed E-state index contributed by atoms with van der Waals surface area (Å²) in [4.78, 5) is 23.9. The van der Waals surface area contributed by atoms with Crippen molar-refractivity contribution in [2.45, 2.75) is 37.0 Å². The molecule has 8 heteroatoms. The average Bonchev–Trinajstić information content (AvgIpc) is 2.55. The van der Waals surface area contributed by atoms with Crippen LogP contribution in [0.15, 0.2) is 18.2 Å². The predicted octanol–water partition coefficient (Wildman–Crippen LogP) is 0.210. The first-order valence-electron chi connectivity index (χ1n) is 8.13. The summed E-state index contributed by atoms with van der Waals surface area (Å²) in [7, 11) is -1.22. The van der Waals surface area contributed by atoms with E-state index < -0.39 is 24.4 Å². The molecule has 0 aromatic heterocycles. The Morgan fingerprint density at radius 1 is 1.38 bits per heavy atom. The molecule has 1 aromatic rings. The van der Waals surface area contributed by atoms with Gasteiger partial charge in [0.1, 0.15) is 5.75 Å². The lowest BCUT2D eigenvalue weighted by Gasteiger charge is -2.35. The molecule has 0 bridgehead atoms. The number of para-hydroxylation sites is 1. The number of fused-ring (bicyclic) bond motifs is 1. The number of carboxylic acid groups (broad SMARTS) is 1. The van der Waals surface area contributed by atoms with Crippen molar-refractivity contribution in [1.29, 1.82) is 0 Å². The molecule has 1 fully saturated rings. The van der Waals surface area contributed by atoms with Gasteiger partial charge in [0.15, 0.2) is 5.78 Å².